The van der Waals surface area contributed by atoms with E-state index >= 15 is 0 Å². The van der Waals surface area contributed by atoms with Crippen LogP contribution in [0.25, 0.3) is 6.20 Å². The molecular formula is C6H4Cl2N2S. The number of hydrogen-bond donors (Lipinski definition) is 0. The van der Waals surface area contributed by atoms with Gasteiger partial charge in [-0.25, -0.2) is 4.99 Å². The molecule has 0 aliphatic carbocycles. The van der Waals surface area contributed by atoms with Crippen molar-refractivity contribution in [3.8, 4) is 0 Å². The predicted molar refractivity (Wildman–Crippen MR) is 46.9 cm³/mol. The van der Waals surface area contributed by atoms with Crippen molar-refractivity contribution in [2.45, 2.75) is 5.62 Å². The Balaban J connectivity index is 2.69. The highest BCUT2D eigenvalue weighted by atomic mass is 35.5. The molecule has 1 aliphatic rings. The molecule has 1 atom stereocenters. The van der Waals surface area contributed by atoms with E-state index in [4.69, 9.17) is 23.4 Å². The fourth-order valence-corrected chi connectivity index (χ4v) is 1.98. The zero-order valence-electron chi connectivity index (χ0n) is 5.37. The smallest absolute Gasteiger partial charge is 0.211 e. The van der Waals surface area contributed by atoms with Gasteiger partial charge in [0.15, 0.2) is 0 Å². The van der Waals surface area contributed by atoms with Crippen molar-refractivity contribution in [1.29, 1.82) is 0 Å². The van der Waals surface area contributed by atoms with E-state index in [2.05, 4.69) is 4.99 Å². The van der Waals surface area contributed by atoms with Crippen LogP contribution in [0.3, 0.4) is 0 Å². The minimum Gasteiger partial charge on any atom is -0.253 e. The Morgan fingerprint density at radius 1 is 1.64 bits per heavy atom. The van der Waals surface area contributed by atoms with Gasteiger partial charge in [0.25, 0.3) is 0 Å². The molecule has 11 heavy (non-hydrogen) atoms. The minimum absolute atomic E-state index is 0.473. The number of nitrogens with zero attached hydrogens (tertiary/aromatic N) is 2. The maximum atomic E-state index is 5.75. The number of hydrogen-bond acceptors (Lipinski definition) is 3. The van der Waals surface area contributed by atoms with Crippen LogP contribution in [0.2, 0.25) is 0 Å². The number of halogens is 2. The van der Waals surface area contributed by atoms with Crippen molar-refractivity contribution in [1.82, 2.24) is 4.42 Å². The summed E-state index contributed by atoms with van der Waals surface area (Å²) in [6.45, 7) is 0. The van der Waals surface area contributed by atoms with Crippen LogP contribution < -0.4 is 9.89 Å². The maximum absolute atomic E-state index is 5.75. The fraction of sp³-hybridized carbons (Fsp3) is 0.167. The van der Waals surface area contributed by atoms with Crippen LogP contribution in [0.1, 0.15) is 0 Å². The normalized spacial score (nSPS) is 22.0. The summed E-state index contributed by atoms with van der Waals surface area (Å²) in [4.78, 5) is 4.13. The summed E-state index contributed by atoms with van der Waals surface area (Å²) in [5.74, 6) is 0. The molecular weight excluding hydrogens is 203 g/mol. The molecule has 0 radical (unpaired) electrons. The Morgan fingerprint density at radius 3 is 3.27 bits per heavy atom. The topological polar surface area (TPSA) is 15.6 Å². The lowest BCUT2D eigenvalue weighted by molar-refractivity contribution is 0.587. The Morgan fingerprint density at radius 2 is 2.45 bits per heavy atom. The van der Waals surface area contributed by atoms with Crippen molar-refractivity contribution in [2.24, 2.45) is 4.99 Å². The van der Waals surface area contributed by atoms with Gasteiger partial charge in [-0.3, -0.25) is 4.42 Å². The van der Waals surface area contributed by atoms with Gasteiger partial charge in [0.1, 0.15) is 0 Å². The van der Waals surface area contributed by atoms with E-state index in [0.29, 0.717) is 0 Å². The van der Waals surface area contributed by atoms with Crippen LogP contribution in [0.15, 0.2) is 16.4 Å². The lowest BCUT2D eigenvalue weighted by Crippen LogP contribution is -2.32. The Kier molecular flexibility index (Phi) is 1.79. The van der Waals surface area contributed by atoms with E-state index in [1.807, 2.05) is 11.4 Å². The second-order valence-corrected chi connectivity index (χ2v) is 3.81. The van der Waals surface area contributed by atoms with Gasteiger partial charge in [-0.1, -0.05) is 11.6 Å². The summed E-state index contributed by atoms with van der Waals surface area (Å²) in [5, 5.41) is 2.89. The molecule has 0 fully saturated rings. The molecule has 0 N–H and O–H groups in total. The van der Waals surface area contributed by atoms with Crippen molar-refractivity contribution in [3.05, 3.63) is 21.3 Å². The molecule has 0 spiro atoms. The van der Waals surface area contributed by atoms with Crippen LogP contribution in [0.5, 0.6) is 0 Å². The highest BCUT2D eigenvalue weighted by Gasteiger charge is 2.11. The zero-order valence-corrected chi connectivity index (χ0v) is 7.70. The van der Waals surface area contributed by atoms with E-state index in [0.717, 1.165) is 9.89 Å². The third-order valence-corrected chi connectivity index (χ3v) is 2.89. The highest BCUT2D eigenvalue weighted by Crippen LogP contribution is 2.11. The largest absolute Gasteiger partial charge is 0.253 e. The molecule has 5 heteroatoms. The quantitative estimate of drug-likeness (QED) is 0.353. The van der Waals surface area contributed by atoms with Crippen LogP contribution in [-0.4, -0.2) is 10.0 Å². The van der Waals surface area contributed by atoms with Gasteiger partial charge in [0.05, 0.1) is 9.89 Å². The first kappa shape index (κ1) is 7.40. The van der Waals surface area contributed by atoms with Gasteiger partial charge in [-0.05, 0) is 11.4 Å². The molecule has 0 saturated carbocycles. The molecule has 0 aromatic carbocycles. The van der Waals surface area contributed by atoms with Gasteiger partial charge >= 0.3 is 0 Å². The monoisotopic (exact) mass is 206 g/mol. The van der Waals surface area contributed by atoms with Crippen molar-refractivity contribution in [3.63, 3.8) is 0 Å². The second kappa shape index (κ2) is 2.66. The second-order valence-electron chi connectivity index (χ2n) is 2.08. The zero-order chi connectivity index (χ0) is 7.84. The Labute approximate surface area is 77.5 Å². The van der Waals surface area contributed by atoms with Crippen LogP contribution >= 0.6 is 34.7 Å². The van der Waals surface area contributed by atoms with Gasteiger partial charge in [0, 0.05) is 18.0 Å². The molecule has 2 heterocycles. The highest BCUT2D eigenvalue weighted by molar-refractivity contribution is 7.07. The summed E-state index contributed by atoms with van der Waals surface area (Å²) in [5.41, 5.74) is -0.473. The van der Waals surface area contributed by atoms with Gasteiger partial charge < -0.3 is 0 Å². The van der Waals surface area contributed by atoms with E-state index in [1.165, 1.54) is 4.42 Å². The molecule has 1 aliphatic heterocycles. The van der Waals surface area contributed by atoms with E-state index in [-0.39, 0.29) is 0 Å². The van der Waals surface area contributed by atoms with Crippen molar-refractivity contribution < 1.29 is 0 Å². The van der Waals surface area contributed by atoms with Crippen molar-refractivity contribution >= 4 is 40.9 Å². The number of alkyl halides is 1. The minimum atomic E-state index is -0.473. The summed E-state index contributed by atoms with van der Waals surface area (Å²) >= 11 is 13.1. The summed E-state index contributed by atoms with van der Waals surface area (Å²) < 4.78 is 2.41. The molecule has 0 amide bonds. The standard InChI is InChI=1S/C6H4Cl2N2S/c7-6-9-4-1-2-11-5(4)3-10(6)8/h1-3,6H. The number of rotatable bonds is 0. The Bertz CT molecular complexity index is 338. The number of thiophene rings is 1. The molecule has 2 rings (SSSR count). The first-order chi connectivity index (χ1) is 5.27. The summed E-state index contributed by atoms with van der Waals surface area (Å²) in [6.07, 6.45) is 1.78. The van der Waals surface area contributed by atoms with Crippen molar-refractivity contribution in [2.75, 3.05) is 0 Å². The average Bonchev–Trinajstić information content (AvgIpc) is 2.36. The van der Waals surface area contributed by atoms with Gasteiger partial charge in [-0.15, -0.1) is 11.3 Å². The van der Waals surface area contributed by atoms with Gasteiger partial charge in [-0.2, -0.15) is 0 Å². The third kappa shape index (κ3) is 1.24. The number of fused-ring (bicyclic) bond motifs is 1. The molecule has 58 valence electrons. The molecule has 1 aromatic rings. The van der Waals surface area contributed by atoms with E-state index in [1.54, 1.807) is 17.5 Å². The lowest BCUT2D eigenvalue weighted by Gasteiger charge is -2.14. The average molecular weight is 207 g/mol. The summed E-state index contributed by atoms with van der Waals surface area (Å²) in [6, 6.07) is 1.93. The maximum Gasteiger partial charge on any atom is 0.211 e. The molecule has 0 bridgehead atoms. The van der Waals surface area contributed by atoms with Crippen LogP contribution in [0.4, 0.5) is 0 Å². The Hall–Kier alpha value is -0.250. The molecule has 0 saturated heterocycles. The first-order valence-corrected chi connectivity index (χ1v) is 4.64. The summed E-state index contributed by atoms with van der Waals surface area (Å²) in [7, 11) is 0. The van der Waals surface area contributed by atoms with Crippen LogP contribution in [-0.2, 0) is 0 Å². The fourth-order valence-electron chi connectivity index (χ4n) is 0.861. The molecule has 1 unspecified atom stereocenters. The van der Waals surface area contributed by atoms with Crippen LogP contribution in [0, 0.1) is 0 Å². The third-order valence-electron chi connectivity index (χ3n) is 1.36. The lowest BCUT2D eigenvalue weighted by atomic mass is 10.5. The first-order valence-electron chi connectivity index (χ1n) is 2.99. The molecule has 2 nitrogen and oxygen atoms in total. The molecule has 1 aromatic heterocycles. The van der Waals surface area contributed by atoms with Gasteiger partial charge in [0.2, 0.25) is 5.62 Å². The predicted octanol–water partition coefficient (Wildman–Crippen LogP) is 1.10. The van der Waals surface area contributed by atoms with E-state index in [9.17, 15) is 0 Å². The van der Waals surface area contributed by atoms with E-state index < -0.39 is 5.62 Å². The SMILES string of the molecule is ClC1N=c2ccsc2=CN1Cl.